The highest BCUT2D eigenvalue weighted by Gasteiger charge is 2.36. The monoisotopic (exact) mass is 238 g/mol. The van der Waals surface area contributed by atoms with E-state index in [0.29, 0.717) is 0 Å². The van der Waals surface area contributed by atoms with Gasteiger partial charge in [-0.3, -0.25) is 0 Å². The molecule has 16 heavy (non-hydrogen) atoms. The summed E-state index contributed by atoms with van der Waals surface area (Å²) >= 11 is 0. The van der Waals surface area contributed by atoms with Crippen molar-refractivity contribution in [2.24, 2.45) is 0 Å². The second kappa shape index (κ2) is 7.53. The van der Waals surface area contributed by atoms with Gasteiger partial charge in [0.1, 0.15) is 18.3 Å². The van der Waals surface area contributed by atoms with E-state index in [2.05, 4.69) is 4.74 Å². The number of carboxylic acid groups (broad SMARTS) is 1. The second-order valence-electron chi connectivity index (χ2n) is 3.21. The molecule has 7 nitrogen and oxygen atoms in total. The van der Waals surface area contributed by atoms with Crippen molar-refractivity contribution in [3.05, 3.63) is 0 Å². The predicted octanol–water partition coefficient (Wildman–Crippen LogP) is -1.53. The highest BCUT2D eigenvalue weighted by atomic mass is 16.5. The van der Waals surface area contributed by atoms with Crippen LogP contribution >= 0.6 is 0 Å². The van der Waals surface area contributed by atoms with Gasteiger partial charge in [0.05, 0.1) is 6.61 Å². The van der Waals surface area contributed by atoms with Gasteiger partial charge < -0.3 is 29.5 Å². The number of aliphatic hydroxyl groups excluding tert-OH is 2. The molecular formula is C9H18O7. The van der Waals surface area contributed by atoms with Crippen LogP contribution in [0.15, 0.2) is 0 Å². The Kier molecular flexibility index (Phi) is 7.18. The lowest BCUT2D eigenvalue weighted by atomic mass is 10.0. The average molecular weight is 238 g/mol. The Morgan fingerprint density at radius 1 is 1.12 bits per heavy atom. The van der Waals surface area contributed by atoms with Crippen LogP contribution in [-0.2, 0) is 19.0 Å². The summed E-state index contributed by atoms with van der Waals surface area (Å²) in [4.78, 5) is 10.7. The lowest BCUT2D eigenvalue weighted by Crippen LogP contribution is -2.50. The van der Waals surface area contributed by atoms with Gasteiger partial charge in [-0.05, 0) is 0 Å². The quantitative estimate of drug-likeness (QED) is 0.471. The molecule has 4 unspecified atom stereocenters. The van der Waals surface area contributed by atoms with Gasteiger partial charge in [0.2, 0.25) is 0 Å². The smallest absolute Gasteiger partial charge is 0.335 e. The van der Waals surface area contributed by atoms with Crippen molar-refractivity contribution < 1.29 is 34.3 Å². The van der Waals surface area contributed by atoms with Gasteiger partial charge in [0.15, 0.2) is 6.10 Å². The molecule has 0 saturated carbocycles. The van der Waals surface area contributed by atoms with Crippen LogP contribution in [0.5, 0.6) is 0 Å². The van der Waals surface area contributed by atoms with Crippen molar-refractivity contribution in [2.45, 2.75) is 24.4 Å². The minimum absolute atomic E-state index is 0.0325. The van der Waals surface area contributed by atoms with Gasteiger partial charge in [-0.25, -0.2) is 4.79 Å². The van der Waals surface area contributed by atoms with Gasteiger partial charge in [-0.1, -0.05) is 0 Å². The first-order chi connectivity index (χ1) is 7.49. The van der Waals surface area contributed by atoms with E-state index in [1.807, 2.05) is 0 Å². The fraction of sp³-hybridized carbons (Fsp3) is 0.889. The van der Waals surface area contributed by atoms with Crippen LogP contribution in [0.2, 0.25) is 0 Å². The highest BCUT2D eigenvalue weighted by molar-refractivity contribution is 5.73. The van der Waals surface area contributed by atoms with Gasteiger partial charge in [0.25, 0.3) is 0 Å². The zero-order valence-electron chi connectivity index (χ0n) is 9.49. The summed E-state index contributed by atoms with van der Waals surface area (Å²) in [6.07, 6.45) is -5.34. The van der Waals surface area contributed by atoms with E-state index in [0.717, 1.165) is 7.11 Å². The van der Waals surface area contributed by atoms with Crippen molar-refractivity contribution in [3.63, 3.8) is 0 Å². The molecule has 0 amide bonds. The van der Waals surface area contributed by atoms with Crippen molar-refractivity contribution >= 4 is 5.97 Å². The fourth-order valence-corrected chi connectivity index (χ4v) is 1.26. The van der Waals surface area contributed by atoms with E-state index in [-0.39, 0.29) is 6.61 Å². The molecule has 0 saturated heterocycles. The molecule has 0 radical (unpaired) electrons. The summed E-state index contributed by atoms with van der Waals surface area (Å²) in [5.74, 6) is -1.36. The molecule has 0 aliphatic carbocycles. The van der Waals surface area contributed by atoms with E-state index >= 15 is 0 Å². The van der Waals surface area contributed by atoms with Crippen molar-refractivity contribution in [1.29, 1.82) is 0 Å². The number of rotatable bonds is 8. The number of hydrogen-bond acceptors (Lipinski definition) is 6. The Labute approximate surface area is 93.5 Å². The van der Waals surface area contributed by atoms with E-state index < -0.39 is 30.4 Å². The molecule has 0 bridgehead atoms. The first-order valence-corrected chi connectivity index (χ1v) is 4.63. The number of carboxylic acids is 1. The van der Waals surface area contributed by atoms with E-state index in [1.54, 1.807) is 0 Å². The van der Waals surface area contributed by atoms with Crippen LogP contribution in [-0.4, -0.2) is 73.6 Å². The largest absolute Gasteiger partial charge is 0.479 e. The minimum atomic E-state index is -1.59. The molecule has 0 aromatic heterocycles. The second-order valence-corrected chi connectivity index (χ2v) is 3.21. The molecule has 7 heteroatoms. The standard InChI is InChI=1S/C9H18O7/c1-14-4-5(15-2)6(10)7(11)8(16-3)9(12)13/h5-8,10-11H,4H2,1-3H3,(H,12,13). The van der Waals surface area contributed by atoms with Crippen molar-refractivity contribution in [3.8, 4) is 0 Å². The summed E-state index contributed by atoms with van der Waals surface area (Å²) in [6.45, 7) is 0.0325. The summed E-state index contributed by atoms with van der Waals surface area (Å²) < 4.78 is 14.2. The summed E-state index contributed by atoms with van der Waals surface area (Å²) in [6, 6.07) is 0. The molecule has 0 rings (SSSR count). The maximum atomic E-state index is 10.7. The Hall–Kier alpha value is -0.730. The summed E-state index contributed by atoms with van der Waals surface area (Å²) in [7, 11) is 3.85. The van der Waals surface area contributed by atoms with Gasteiger partial charge >= 0.3 is 5.97 Å². The lowest BCUT2D eigenvalue weighted by Gasteiger charge is -2.27. The van der Waals surface area contributed by atoms with Crippen LogP contribution in [0.25, 0.3) is 0 Å². The van der Waals surface area contributed by atoms with Crippen molar-refractivity contribution in [2.75, 3.05) is 27.9 Å². The molecular weight excluding hydrogens is 220 g/mol. The lowest BCUT2D eigenvalue weighted by molar-refractivity contribution is -0.170. The maximum absolute atomic E-state index is 10.7. The third-order valence-corrected chi connectivity index (χ3v) is 2.17. The van der Waals surface area contributed by atoms with Gasteiger partial charge in [-0.2, -0.15) is 0 Å². The third-order valence-electron chi connectivity index (χ3n) is 2.17. The van der Waals surface area contributed by atoms with Gasteiger partial charge in [0, 0.05) is 21.3 Å². The molecule has 0 aromatic carbocycles. The van der Waals surface area contributed by atoms with Crippen LogP contribution in [0, 0.1) is 0 Å². The molecule has 0 aliphatic heterocycles. The van der Waals surface area contributed by atoms with Crippen LogP contribution in [0.1, 0.15) is 0 Å². The molecule has 0 heterocycles. The number of carbonyl (C=O) groups is 1. The highest BCUT2D eigenvalue weighted by Crippen LogP contribution is 2.10. The van der Waals surface area contributed by atoms with Crippen molar-refractivity contribution in [1.82, 2.24) is 0 Å². The SMILES string of the molecule is COCC(OC)C(O)C(O)C(OC)C(=O)O. The zero-order valence-corrected chi connectivity index (χ0v) is 9.49. The topological polar surface area (TPSA) is 105 Å². The molecule has 0 spiro atoms. The number of aliphatic carboxylic acids is 1. The van der Waals surface area contributed by atoms with E-state index in [9.17, 15) is 15.0 Å². The first-order valence-electron chi connectivity index (χ1n) is 4.63. The van der Waals surface area contributed by atoms with Crippen LogP contribution in [0.3, 0.4) is 0 Å². The fourth-order valence-electron chi connectivity index (χ4n) is 1.26. The van der Waals surface area contributed by atoms with E-state index in [4.69, 9.17) is 14.6 Å². The zero-order chi connectivity index (χ0) is 12.7. The number of ether oxygens (including phenoxy) is 3. The molecule has 0 fully saturated rings. The Morgan fingerprint density at radius 2 is 1.69 bits per heavy atom. The summed E-state index contributed by atoms with van der Waals surface area (Å²) in [5.41, 5.74) is 0. The van der Waals surface area contributed by atoms with Crippen LogP contribution < -0.4 is 0 Å². The normalized spacial score (nSPS) is 18.8. The Balaban J connectivity index is 4.54. The Morgan fingerprint density at radius 3 is 2.00 bits per heavy atom. The molecule has 96 valence electrons. The summed E-state index contributed by atoms with van der Waals surface area (Å²) in [5, 5.41) is 28.0. The Bertz CT molecular complexity index is 208. The molecule has 0 aliphatic rings. The molecule has 4 atom stereocenters. The molecule has 0 aromatic rings. The molecule has 3 N–H and O–H groups in total. The van der Waals surface area contributed by atoms with Gasteiger partial charge in [-0.15, -0.1) is 0 Å². The first kappa shape index (κ1) is 15.3. The minimum Gasteiger partial charge on any atom is -0.479 e. The third kappa shape index (κ3) is 4.03. The van der Waals surface area contributed by atoms with E-state index in [1.165, 1.54) is 14.2 Å². The number of methoxy groups -OCH3 is 3. The average Bonchev–Trinajstić information content (AvgIpc) is 2.25. The maximum Gasteiger partial charge on any atom is 0.335 e. The predicted molar refractivity (Wildman–Crippen MR) is 53.1 cm³/mol. The van der Waals surface area contributed by atoms with Crippen LogP contribution in [0.4, 0.5) is 0 Å². The number of aliphatic hydroxyl groups is 2. The number of hydrogen-bond donors (Lipinski definition) is 3.